The first-order valence-corrected chi connectivity index (χ1v) is 27.5. The minimum absolute atomic E-state index is 0.0248. The summed E-state index contributed by atoms with van der Waals surface area (Å²) in [5.41, 5.74) is 25.7. The molecular formula is C54H59Cl3N16O9S3. The SMILES string of the molecule is COc1ccc(N)cc1O.COc1ccc(NC(=O)CCl)cc1O.COc1ccc(NC(=O)CSc2nc3c(C)cncc3[nH]2)cc1O.Cc1cncc(N)c1N.Cc1cncc2[nH]c(=S)[nH]c12.O=C(Cl)CCl.S=C(n1ccnc1)n1ccnc1. The van der Waals surface area contributed by atoms with Gasteiger partial charge in [0.15, 0.2) is 49.5 Å². The molecule has 2 amide bonds. The summed E-state index contributed by atoms with van der Waals surface area (Å²) in [6.07, 6.45) is 20.5. The van der Waals surface area contributed by atoms with E-state index in [1.165, 1.54) is 51.3 Å². The molecule has 0 spiro atoms. The number of hydrogen-bond acceptors (Lipinski definition) is 21. The number of rotatable bonds is 10. The highest BCUT2D eigenvalue weighted by Crippen LogP contribution is 2.30. The number of nitrogens with one attached hydrogen (secondary N) is 5. The number of methoxy groups -OCH3 is 3. The fourth-order valence-corrected chi connectivity index (χ4v) is 7.62. The first-order chi connectivity index (χ1) is 40.6. The molecule has 0 saturated heterocycles. The van der Waals surface area contributed by atoms with Crippen LogP contribution in [0.15, 0.2) is 134 Å². The number of benzene rings is 3. The summed E-state index contributed by atoms with van der Waals surface area (Å²) in [6.45, 7) is 5.81. The maximum absolute atomic E-state index is 12.0. The average molecular weight is 1280 g/mol. The zero-order chi connectivity index (χ0) is 62.6. The Balaban J connectivity index is 0.000000223. The van der Waals surface area contributed by atoms with Crippen LogP contribution in [0.2, 0.25) is 0 Å². The molecule has 85 heavy (non-hydrogen) atoms. The topological polar surface area (TPSA) is 376 Å². The number of H-pyrrole nitrogens is 3. The largest absolute Gasteiger partial charge is 0.504 e. The van der Waals surface area contributed by atoms with Gasteiger partial charge in [-0.25, -0.2) is 15.0 Å². The highest BCUT2D eigenvalue weighted by atomic mass is 35.5. The highest BCUT2D eigenvalue weighted by molar-refractivity contribution is 7.99. The number of ether oxygens (including phenoxy) is 3. The first kappa shape index (κ1) is 68.3. The molecule has 31 heteroatoms. The maximum atomic E-state index is 12.0. The van der Waals surface area contributed by atoms with E-state index in [0.717, 1.165) is 38.8 Å². The summed E-state index contributed by atoms with van der Waals surface area (Å²) in [7, 11) is 4.41. The highest BCUT2D eigenvalue weighted by Gasteiger charge is 2.11. The lowest BCUT2D eigenvalue weighted by Gasteiger charge is -2.07. The zero-order valence-electron chi connectivity index (χ0n) is 46.2. The van der Waals surface area contributed by atoms with Crippen molar-refractivity contribution < 1.29 is 43.9 Å². The summed E-state index contributed by atoms with van der Waals surface area (Å²) in [5.74, 6) is 0.631. The first-order valence-electron chi connectivity index (χ1n) is 24.3. The summed E-state index contributed by atoms with van der Waals surface area (Å²) in [6, 6.07) is 14.0. The Morgan fingerprint density at radius 2 is 1.14 bits per heavy atom. The van der Waals surface area contributed by atoms with Crippen molar-refractivity contribution >= 4 is 144 Å². The molecule has 0 atom stereocenters. The predicted molar refractivity (Wildman–Crippen MR) is 339 cm³/mol. The van der Waals surface area contributed by atoms with Gasteiger partial charge in [-0.2, -0.15) is 0 Å². The molecule has 7 aromatic heterocycles. The van der Waals surface area contributed by atoms with E-state index in [9.17, 15) is 24.6 Å². The quantitative estimate of drug-likeness (QED) is 0.0199. The number of imidazole rings is 4. The van der Waals surface area contributed by atoms with E-state index in [-0.39, 0.29) is 46.6 Å². The molecule has 0 aliphatic rings. The van der Waals surface area contributed by atoms with Gasteiger partial charge in [-0.15, -0.1) is 23.2 Å². The van der Waals surface area contributed by atoms with Crippen molar-refractivity contribution in [2.75, 3.05) is 66.7 Å². The van der Waals surface area contributed by atoms with E-state index >= 15 is 0 Å². The third-order valence-corrected chi connectivity index (χ3v) is 12.8. The van der Waals surface area contributed by atoms with Gasteiger partial charge in [0, 0.05) is 78.6 Å². The second-order valence-electron chi connectivity index (χ2n) is 16.7. The molecule has 0 bridgehead atoms. The summed E-state index contributed by atoms with van der Waals surface area (Å²) < 4.78 is 18.7. The van der Waals surface area contributed by atoms with Crippen LogP contribution in [0.1, 0.15) is 16.7 Å². The van der Waals surface area contributed by atoms with Crippen LogP contribution in [0.5, 0.6) is 34.5 Å². The summed E-state index contributed by atoms with van der Waals surface area (Å²) in [4.78, 5) is 65.8. The van der Waals surface area contributed by atoms with Crippen molar-refractivity contribution in [1.29, 1.82) is 0 Å². The van der Waals surface area contributed by atoms with Crippen LogP contribution in [0.3, 0.4) is 0 Å². The number of nitrogens with two attached hydrogens (primary N) is 3. The Kier molecular flexibility index (Phi) is 28.2. The number of phenolic OH excluding ortho intramolecular Hbond substituents is 3. The summed E-state index contributed by atoms with van der Waals surface area (Å²) >= 11 is 26.2. The summed E-state index contributed by atoms with van der Waals surface area (Å²) in [5, 5.41) is 34.2. The van der Waals surface area contributed by atoms with Crippen LogP contribution in [0.4, 0.5) is 28.4 Å². The van der Waals surface area contributed by atoms with Crippen LogP contribution in [0, 0.1) is 25.5 Å². The lowest BCUT2D eigenvalue weighted by atomic mass is 10.2. The number of amides is 2. The van der Waals surface area contributed by atoms with E-state index in [0.29, 0.717) is 60.7 Å². The van der Waals surface area contributed by atoms with Crippen LogP contribution in [-0.4, -0.2) is 130 Å². The number of nitrogens with zero attached hydrogens (tertiary/aromatic N) is 8. The number of fused-ring (bicyclic) bond motifs is 2. The molecule has 7 heterocycles. The average Bonchev–Trinajstić information content (AvgIpc) is 4.39. The minimum atomic E-state index is -0.508. The number of aromatic nitrogens is 11. The van der Waals surface area contributed by atoms with Crippen LogP contribution in [-0.2, 0) is 14.4 Å². The molecule has 0 fully saturated rings. The normalized spacial score (nSPS) is 9.94. The fraction of sp³-hybridized carbons (Fsp3) is 0.167. The predicted octanol–water partition coefficient (Wildman–Crippen LogP) is 9.51. The number of thiocarbonyl (C=S) groups is 1. The Morgan fingerprint density at radius 1 is 0.647 bits per heavy atom. The second-order valence-corrected chi connectivity index (χ2v) is 19.4. The number of hydrogen-bond donors (Lipinski definition) is 11. The Bertz CT molecular complexity index is 3780. The number of phenols is 3. The second kappa shape index (κ2) is 35.1. The molecule has 0 radical (unpaired) electrons. The van der Waals surface area contributed by atoms with Crippen molar-refractivity contribution in [3.63, 3.8) is 0 Å². The minimum Gasteiger partial charge on any atom is -0.504 e. The molecule has 10 aromatic rings. The molecule has 10 rings (SSSR count). The van der Waals surface area contributed by atoms with Crippen molar-refractivity contribution in [3.8, 4) is 34.5 Å². The standard InChI is InChI=1S/C16H16N4O3S.C9H10ClNO3.C7H6N4S.C7H7N3S.C7H9NO2.C6H9N3.C2H2Cl2O/c1-9-6-17-7-11-15(9)20-16(19-11)24-8-14(22)18-10-3-4-13(23-2)12(21)5-10;1-14-8-3-2-6(4-7(8)12)11-9(13)5-10;12-7(10-3-1-8-5-10)11-4-2-9-6-11;1-4-2-8-3-5-6(4)10-7(11)9-5;1-10-7-3-2-5(8)4-6(7)9;1-4-2-9-3-5(7)6(4)8;3-1-2(4)5/h3-7,21H,8H2,1-2H3,(H,18,22)(H,19,20);2-4,12H,5H2,1H3,(H,11,13);1-6H;2-3H,1H3,(H2,9,10,11);2-4,9H,8H2,1H3;2-3H,7H2,1H3,(H2,8,9);1H2. The molecule has 14 N–H and O–H groups in total. The van der Waals surface area contributed by atoms with Crippen molar-refractivity contribution in [1.82, 2.24) is 54.0 Å². The molecule has 0 saturated carbocycles. The number of aromatic hydroxyl groups is 3. The zero-order valence-corrected chi connectivity index (χ0v) is 50.9. The molecule has 0 aliphatic carbocycles. The number of aryl methyl sites for hydroxylation is 3. The van der Waals surface area contributed by atoms with Gasteiger partial charge in [-0.05, 0) is 110 Å². The lowest BCUT2D eigenvalue weighted by molar-refractivity contribution is -0.114. The Hall–Kier alpha value is -9.19. The van der Waals surface area contributed by atoms with Crippen molar-refractivity contribution in [2.24, 2.45) is 0 Å². The van der Waals surface area contributed by atoms with Gasteiger partial charge in [0.05, 0.1) is 85.0 Å². The van der Waals surface area contributed by atoms with E-state index in [4.69, 9.17) is 95.8 Å². The number of thioether (sulfide) groups is 1. The number of alkyl halides is 2. The number of pyridine rings is 3. The number of halogens is 3. The fourth-order valence-electron chi connectivity index (χ4n) is 6.45. The van der Waals surface area contributed by atoms with Gasteiger partial charge in [-0.1, -0.05) is 11.8 Å². The Morgan fingerprint density at radius 3 is 1.59 bits per heavy atom. The molecule has 448 valence electrons. The van der Waals surface area contributed by atoms with Gasteiger partial charge in [0.2, 0.25) is 17.1 Å². The smallest absolute Gasteiger partial charge is 0.239 e. The van der Waals surface area contributed by atoms with Gasteiger partial charge in [0.25, 0.3) is 0 Å². The van der Waals surface area contributed by atoms with Gasteiger partial charge in [-0.3, -0.25) is 38.5 Å². The maximum Gasteiger partial charge on any atom is 0.239 e. The van der Waals surface area contributed by atoms with E-state index < -0.39 is 5.24 Å². The third kappa shape index (κ3) is 22.5. The van der Waals surface area contributed by atoms with E-state index in [1.807, 2.05) is 20.8 Å². The third-order valence-electron chi connectivity index (χ3n) is 10.5. The number of anilines is 5. The lowest BCUT2D eigenvalue weighted by Crippen LogP contribution is -2.15. The number of aromatic amines is 3. The van der Waals surface area contributed by atoms with Crippen molar-refractivity contribution in [3.05, 3.63) is 151 Å². The monoisotopic (exact) mass is 1280 g/mol. The van der Waals surface area contributed by atoms with Gasteiger partial charge < -0.3 is 72.3 Å². The van der Waals surface area contributed by atoms with Crippen LogP contribution in [0.25, 0.3) is 22.1 Å². The molecule has 0 aliphatic heterocycles. The van der Waals surface area contributed by atoms with Crippen molar-refractivity contribution in [2.45, 2.75) is 25.9 Å². The van der Waals surface area contributed by atoms with E-state index in [2.05, 4.69) is 55.5 Å². The Labute approximate surface area is 516 Å². The molecule has 3 aromatic carbocycles. The van der Waals surface area contributed by atoms with Crippen LogP contribution < -0.4 is 42.0 Å². The number of carbonyl (C=O) groups is 3. The van der Waals surface area contributed by atoms with Crippen LogP contribution >= 0.6 is 71.0 Å². The van der Waals surface area contributed by atoms with Gasteiger partial charge >= 0.3 is 0 Å². The van der Waals surface area contributed by atoms with E-state index in [1.54, 1.807) is 120 Å². The number of carbonyl (C=O) groups excluding carboxylic acids is 3. The molecular weight excluding hydrogens is 1220 g/mol. The molecule has 0 unspecified atom stereocenters. The molecule has 25 nitrogen and oxygen atoms in total. The number of nitrogen functional groups attached to an aromatic ring is 3. The van der Waals surface area contributed by atoms with Gasteiger partial charge in [0.1, 0.15) is 18.5 Å².